The topological polar surface area (TPSA) is 83.6 Å². The van der Waals surface area contributed by atoms with Crippen LogP contribution in [-0.2, 0) is 19.2 Å². The Morgan fingerprint density at radius 1 is 0.957 bits per heavy atom. The molecule has 0 aromatic rings. The monoisotopic (exact) mass is 318 g/mol. The average Bonchev–Trinajstić information content (AvgIpc) is 2.75. The van der Waals surface area contributed by atoms with Crippen molar-refractivity contribution in [1.82, 2.24) is 10.2 Å². The van der Waals surface area contributed by atoms with E-state index in [4.69, 9.17) is 0 Å². The SMILES string of the molecule is C/C=C\C1=C(/C=C\C)C(=O)N(C2CCC(=O)NC2=O)C1=O.CC. The Labute approximate surface area is 135 Å². The highest BCUT2D eigenvalue weighted by molar-refractivity contribution is 6.23. The molecule has 2 aliphatic rings. The van der Waals surface area contributed by atoms with Gasteiger partial charge in [-0.15, -0.1) is 0 Å². The third-order valence-electron chi connectivity index (χ3n) is 3.38. The van der Waals surface area contributed by atoms with Crippen molar-refractivity contribution in [1.29, 1.82) is 0 Å². The molecule has 0 aromatic heterocycles. The smallest absolute Gasteiger partial charge is 0.262 e. The van der Waals surface area contributed by atoms with Crippen LogP contribution in [0.5, 0.6) is 0 Å². The minimum Gasteiger partial charge on any atom is -0.295 e. The molecule has 4 amide bonds. The second kappa shape index (κ2) is 8.22. The van der Waals surface area contributed by atoms with Crippen molar-refractivity contribution in [3.8, 4) is 0 Å². The average molecular weight is 318 g/mol. The normalized spacial score (nSPS) is 22.1. The number of carbonyl (C=O) groups is 4. The fourth-order valence-corrected chi connectivity index (χ4v) is 2.45. The molecule has 1 N–H and O–H groups in total. The van der Waals surface area contributed by atoms with Gasteiger partial charge in [-0.3, -0.25) is 29.4 Å². The Bertz CT molecular complexity index is 580. The standard InChI is InChI=1S/C15H16N2O4.C2H6/c1-3-5-9-10(6-4-2)15(21)17(14(9)20)11-7-8-12(18)16-13(11)19;1-2/h3-6,11H,7-8H2,1-2H3,(H,16,18,19);1-2H3/b5-3-,6-4-;. The van der Waals surface area contributed by atoms with Gasteiger partial charge in [0.25, 0.3) is 11.8 Å². The highest BCUT2D eigenvalue weighted by atomic mass is 16.2. The van der Waals surface area contributed by atoms with E-state index < -0.39 is 23.8 Å². The van der Waals surface area contributed by atoms with Crippen LogP contribution in [0.2, 0.25) is 0 Å². The van der Waals surface area contributed by atoms with Crippen molar-refractivity contribution in [3.63, 3.8) is 0 Å². The van der Waals surface area contributed by atoms with Gasteiger partial charge in [0.1, 0.15) is 6.04 Å². The van der Waals surface area contributed by atoms with Crippen LogP contribution >= 0.6 is 0 Å². The summed E-state index contributed by atoms with van der Waals surface area (Å²) >= 11 is 0. The summed E-state index contributed by atoms with van der Waals surface area (Å²) in [4.78, 5) is 48.8. The second-order valence-electron chi connectivity index (χ2n) is 4.77. The van der Waals surface area contributed by atoms with Crippen LogP contribution < -0.4 is 5.32 Å². The Balaban J connectivity index is 0.00000127. The van der Waals surface area contributed by atoms with Gasteiger partial charge in [-0.25, -0.2) is 0 Å². The summed E-state index contributed by atoms with van der Waals surface area (Å²) in [6.45, 7) is 7.49. The number of carbonyl (C=O) groups excluding carboxylic acids is 4. The van der Waals surface area contributed by atoms with Gasteiger partial charge >= 0.3 is 0 Å². The van der Waals surface area contributed by atoms with Crippen molar-refractivity contribution < 1.29 is 19.2 Å². The summed E-state index contributed by atoms with van der Waals surface area (Å²) in [5, 5.41) is 2.16. The molecular weight excluding hydrogens is 296 g/mol. The molecule has 1 unspecified atom stereocenters. The first-order chi connectivity index (χ1) is 11.0. The van der Waals surface area contributed by atoms with Crippen LogP contribution in [0.3, 0.4) is 0 Å². The molecule has 0 aromatic carbocycles. The summed E-state index contributed by atoms with van der Waals surface area (Å²) in [7, 11) is 0. The predicted octanol–water partition coefficient (Wildman–Crippen LogP) is 1.64. The van der Waals surface area contributed by atoms with Crippen LogP contribution in [0.25, 0.3) is 0 Å². The molecule has 1 saturated heterocycles. The molecule has 0 aliphatic carbocycles. The van der Waals surface area contributed by atoms with Crippen molar-refractivity contribution in [2.45, 2.75) is 46.6 Å². The predicted molar refractivity (Wildman–Crippen MR) is 86.0 cm³/mol. The zero-order valence-electron chi connectivity index (χ0n) is 13.9. The summed E-state index contributed by atoms with van der Waals surface area (Å²) < 4.78 is 0. The number of imide groups is 2. The lowest BCUT2D eigenvalue weighted by atomic mass is 10.0. The highest BCUT2D eigenvalue weighted by Gasteiger charge is 2.44. The number of piperidine rings is 1. The summed E-state index contributed by atoms with van der Waals surface area (Å²) in [6.07, 6.45) is 6.72. The fourth-order valence-electron chi connectivity index (χ4n) is 2.45. The molecule has 2 rings (SSSR count). The molecule has 1 atom stereocenters. The zero-order valence-corrected chi connectivity index (χ0v) is 13.9. The number of rotatable bonds is 3. The van der Waals surface area contributed by atoms with Gasteiger partial charge in [-0.05, 0) is 20.3 Å². The van der Waals surface area contributed by atoms with E-state index in [1.807, 2.05) is 13.8 Å². The third kappa shape index (κ3) is 3.64. The fraction of sp³-hybridized carbons (Fsp3) is 0.412. The lowest BCUT2D eigenvalue weighted by Gasteiger charge is -2.28. The second-order valence-corrected chi connectivity index (χ2v) is 4.77. The van der Waals surface area contributed by atoms with Gasteiger partial charge in [-0.2, -0.15) is 0 Å². The maximum atomic E-state index is 12.4. The van der Waals surface area contributed by atoms with E-state index in [9.17, 15) is 19.2 Å². The van der Waals surface area contributed by atoms with E-state index in [2.05, 4.69) is 5.32 Å². The van der Waals surface area contributed by atoms with E-state index in [1.54, 1.807) is 38.2 Å². The first kappa shape index (κ1) is 18.5. The number of amides is 4. The molecule has 6 heteroatoms. The number of hydrogen-bond acceptors (Lipinski definition) is 4. The first-order valence-corrected chi connectivity index (χ1v) is 7.72. The van der Waals surface area contributed by atoms with Gasteiger partial charge in [0.2, 0.25) is 11.8 Å². The lowest BCUT2D eigenvalue weighted by molar-refractivity contribution is -0.149. The first-order valence-electron chi connectivity index (χ1n) is 7.72. The van der Waals surface area contributed by atoms with Crippen molar-refractivity contribution in [3.05, 3.63) is 35.5 Å². The van der Waals surface area contributed by atoms with Gasteiger partial charge in [-0.1, -0.05) is 38.2 Å². The van der Waals surface area contributed by atoms with E-state index >= 15 is 0 Å². The molecule has 23 heavy (non-hydrogen) atoms. The Kier molecular flexibility index (Phi) is 6.63. The van der Waals surface area contributed by atoms with Crippen molar-refractivity contribution in [2.24, 2.45) is 0 Å². The quantitative estimate of drug-likeness (QED) is 0.802. The van der Waals surface area contributed by atoms with Crippen LogP contribution in [0.1, 0.15) is 40.5 Å². The molecule has 0 spiro atoms. The number of hydrogen-bond donors (Lipinski definition) is 1. The van der Waals surface area contributed by atoms with Crippen LogP contribution in [0, 0.1) is 0 Å². The van der Waals surface area contributed by atoms with Gasteiger partial charge in [0.15, 0.2) is 0 Å². The van der Waals surface area contributed by atoms with Crippen LogP contribution in [0.4, 0.5) is 0 Å². The van der Waals surface area contributed by atoms with E-state index in [0.29, 0.717) is 0 Å². The number of nitrogens with one attached hydrogen (secondary N) is 1. The largest absolute Gasteiger partial charge is 0.295 e. The Hall–Kier alpha value is -2.50. The van der Waals surface area contributed by atoms with Crippen molar-refractivity contribution in [2.75, 3.05) is 0 Å². The van der Waals surface area contributed by atoms with Crippen molar-refractivity contribution >= 4 is 23.6 Å². The van der Waals surface area contributed by atoms with Crippen LogP contribution in [-0.4, -0.2) is 34.6 Å². The van der Waals surface area contributed by atoms with Gasteiger partial charge in [0.05, 0.1) is 11.1 Å². The molecule has 0 radical (unpaired) electrons. The lowest BCUT2D eigenvalue weighted by Crippen LogP contribution is -2.54. The molecule has 6 nitrogen and oxygen atoms in total. The summed E-state index contributed by atoms with van der Waals surface area (Å²) in [5.41, 5.74) is 0.538. The van der Waals surface area contributed by atoms with E-state index in [0.717, 1.165) is 4.90 Å². The summed E-state index contributed by atoms with van der Waals surface area (Å²) in [6, 6.07) is -0.925. The van der Waals surface area contributed by atoms with Gasteiger partial charge in [0, 0.05) is 6.42 Å². The van der Waals surface area contributed by atoms with Crippen LogP contribution in [0.15, 0.2) is 35.5 Å². The van der Waals surface area contributed by atoms with Gasteiger partial charge < -0.3 is 0 Å². The number of allylic oxidation sites excluding steroid dienone is 2. The maximum absolute atomic E-state index is 12.4. The minimum atomic E-state index is -0.925. The molecule has 1 fully saturated rings. The summed E-state index contributed by atoms with van der Waals surface area (Å²) in [5.74, 6) is -1.98. The third-order valence-corrected chi connectivity index (χ3v) is 3.38. The molecule has 0 bridgehead atoms. The zero-order chi connectivity index (χ0) is 17.6. The highest BCUT2D eigenvalue weighted by Crippen LogP contribution is 2.27. The minimum absolute atomic E-state index is 0.116. The maximum Gasteiger partial charge on any atom is 0.262 e. The number of nitrogens with zero attached hydrogens (tertiary/aromatic N) is 1. The Morgan fingerprint density at radius 3 is 1.83 bits per heavy atom. The molecule has 124 valence electrons. The van der Waals surface area contributed by atoms with E-state index in [-0.39, 0.29) is 29.9 Å². The molecule has 2 heterocycles. The molecule has 0 saturated carbocycles. The molecule has 2 aliphatic heterocycles. The molecular formula is C17H22N2O4. The van der Waals surface area contributed by atoms with E-state index in [1.165, 1.54) is 0 Å². The Morgan fingerprint density at radius 2 is 1.43 bits per heavy atom.